The van der Waals surface area contributed by atoms with Crippen molar-refractivity contribution in [1.29, 1.82) is 0 Å². The summed E-state index contributed by atoms with van der Waals surface area (Å²) in [5.74, 6) is -2.28. The first-order valence-electron chi connectivity index (χ1n) is 14.0. The monoisotopic (exact) mass is 571 g/mol. The van der Waals surface area contributed by atoms with Crippen LogP contribution in [0.1, 0.15) is 54.3 Å². The lowest BCUT2D eigenvalue weighted by Gasteiger charge is -2.15. The van der Waals surface area contributed by atoms with Gasteiger partial charge in [-0.3, -0.25) is 20.0 Å². The number of aliphatic imine (C=N–C) groups is 1. The minimum absolute atomic E-state index is 0.0952. The molecule has 42 heavy (non-hydrogen) atoms. The summed E-state index contributed by atoms with van der Waals surface area (Å²) < 4.78 is 41.7. The van der Waals surface area contributed by atoms with Crippen molar-refractivity contribution in [3.05, 3.63) is 88.8 Å². The lowest BCUT2D eigenvalue weighted by atomic mass is 9.99. The molecule has 3 aromatic heterocycles. The lowest BCUT2D eigenvalue weighted by molar-refractivity contribution is 0.0115. The van der Waals surface area contributed by atoms with E-state index in [0.717, 1.165) is 38.9 Å². The SMILES string of the molecule is CN=C(c1cc(C)cc(F)c1)c1nc(-c2n[nH]c3ccc(-c4cncc(CN5CCC(F)(F)C5)c4)cc23)[nH]c1C(C)C. The van der Waals surface area contributed by atoms with Crippen LogP contribution in [0, 0.1) is 12.7 Å². The fourth-order valence-corrected chi connectivity index (χ4v) is 5.65. The number of aromatic amines is 2. The quantitative estimate of drug-likeness (QED) is 0.208. The van der Waals surface area contributed by atoms with Crippen LogP contribution in [-0.2, 0) is 6.54 Å². The third kappa shape index (κ3) is 5.46. The molecule has 6 rings (SSSR count). The Balaban J connectivity index is 1.37. The molecule has 0 unspecified atom stereocenters. The molecule has 4 heterocycles. The molecule has 0 atom stereocenters. The first-order chi connectivity index (χ1) is 20.1. The summed E-state index contributed by atoms with van der Waals surface area (Å²) in [6, 6.07) is 12.8. The Morgan fingerprint density at radius 3 is 2.64 bits per heavy atom. The number of imidazole rings is 1. The fourth-order valence-electron chi connectivity index (χ4n) is 5.65. The van der Waals surface area contributed by atoms with Gasteiger partial charge in [0, 0.05) is 61.2 Å². The molecule has 10 heteroatoms. The normalized spacial score (nSPS) is 15.8. The van der Waals surface area contributed by atoms with Crippen LogP contribution in [0.5, 0.6) is 0 Å². The summed E-state index contributed by atoms with van der Waals surface area (Å²) in [6.45, 7) is 6.55. The number of nitrogens with zero attached hydrogens (tertiary/aromatic N) is 5. The van der Waals surface area contributed by atoms with Crippen LogP contribution in [0.3, 0.4) is 0 Å². The molecule has 0 amide bonds. The van der Waals surface area contributed by atoms with Crippen molar-refractivity contribution >= 4 is 16.6 Å². The van der Waals surface area contributed by atoms with E-state index in [2.05, 4.69) is 39.0 Å². The van der Waals surface area contributed by atoms with E-state index in [9.17, 15) is 13.2 Å². The fraction of sp³-hybridized carbons (Fsp3) is 0.312. The average molecular weight is 572 g/mol. The van der Waals surface area contributed by atoms with E-state index in [-0.39, 0.29) is 24.7 Å². The molecule has 1 saturated heterocycles. The van der Waals surface area contributed by atoms with E-state index in [1.165, 1.54) is 12.1 Å². The summed E-state index contributed by atoms with van der Waals surface area (Å²) in [5.41, 5.74) is 7.78. The van der Waals surface area contributed by atoms with Gasteiger partial charge in [-0.05, 0) is 65.9 Å². The van der Waals surface area contributed by atoms with Crippen molar-refractivity contribution in [2.75, 3.05) is 20.1 Å². The second-order valence-corrected chi connectivity index (χ2v) is 11.3. The smallest absolute Gasteiger partial charge is 0.261 e. The van der Waals surface area contributed by atoms with Crippen molar-refractivity contribution in [3.8, 4) is 22.6 Å². The minimum atomic E-state index is -2.63. The predicted octanol–water partition coefficient (Wildman–Crippen LogP) is 6.89. The highest BCUT2D eigenvalue weighted by Crippen LogP contribution is 2.33. The molecule has 0 spiro atoms. The number of fused-ring (bicyclic) bond motifs is 1. The number of hydrogen-bond acceptors (Lipinski definition) is 5. The number of likely N-dealkylation sites (tertiary alicyclic amines) is 1. The number of H-pyrrole nitrogens is 2. The number of rotatable bonds is 7. The Kier molecular flexibility index (Phi) is 7.18. The van der Waals surface area contributed by atoms with Gasteiger partial charge in [0.25, 0.3) is 5.92 Å². The third-order valence-electron chi connectivity index (χ3n) is 7.64. The van der Waals surface area contributed by atoms with Crippen LogP contribution < -0.4 is 0 Å². The Hall–Kier alpha value is -4.31. The largest absolute Gasteiger partial charge is 0.340 e. The van der Waals surface area contributed by atoms with Gasteiger partial charge in [-0.1, -0.05) is 19.9 Å². The van der Waals surface area contributed by atoms with E-state index in [1.807, 2.05) is 37.3 Å². The van der Waals surface area contributed by atoms with Crippen molar-refractivity contribution in [2.24, 2.45) is 4.99 Å². The van der Waals surface area contributed by atoms with Gasteiger partial charge in [-0.2, -0.15) is 5.10 Å². The zero-order valence-corrected chi connectivity index (χ0v) is 24.0. The van der Waals surface area contributed by atoms with Crippen LogP contribution in [0.2, 0.25) is 0 Å². The maximum absolute atomic E-state index is 14.3. The first kappa shape index (κ1) is 27.8. The van der Waals surface area contributed by atoms with Crippen LogP contribution in [0.25, 0.3) is 33.5 Å². The molecule has 0 aliphatic carbocycles. The molecule has 0 saturated carbocycles. The molecular formula is C32H32F3N7. The van der Waals surface area contributed by atoms with Gasteiger partial charge in [-0.25, -0.2) is 18.2 Å². The number of pyridine rings is 1. The van der Waals surface area contributed by atoms with Crippen molar-refractivity contribution in [2.45, 2.75) is 45.6 Å². The van der Waals surface area contributed by atoms with Gasteiger partial charge in [0.1, 0.15) is 17.2 Å². The lowest BCUT2D eigenvalue weighted by Crippen LogP contribution is -2.24. The highest BCUT2D eigenvalue weighted by molar-refractivity contribution is 6.13. The van der Waals surface area contributed by atoms with Gasteiger partial charge in [0.2, 0.25) is 0 Å². The molecule has 0 bridgehead atoms. The van der Waals surface area contributed by atoms with Gasteiger partial charge < -0.3 is 4.98 Å². The van der Waals surface area contributed by atoms with Crippen LogP contribution in [0.4, 0.5) is 13.2 Å². The Labute approximate surface area is 241 Å². The average Bonchev–Trinajstić information content (AvgIpc) is 3.65. The number of aryl methyl sites for hydroxylation is 1. The standard InChI is InChI=1S/C32H32F3N7/c1-18(2)27-30(28(36-4)22-9-19(3)10-24(33)12-22)39-31(38-27)29-25-13-21(5-6-26(25)40-41-29)23-11-20(14-37-15-23)16-42-8-7-32(34,35)17-42/h5-6,9-15,18H,7-8,16-17H2,1-4H3,(H,38,39)(H,40,41). The Morgan fingerprint density at radius 1 is 1.10 bits per heavy atom. The van der Waals surface area contributed by atoms with Crippen LogP contribution in [-0.4, -0.2) is 61.8 Å². The summed E-state index contributed by atoms with van der Waals surface area (Å²) >= 11 is 0. The maximum Gasteiger partial charge on any atom is 0.261 e. The third-order valence-corrected chi connectivity index (χ3v) is 7.64. The number of benzene rings is 2. The van der Waals surface area contributed by atoms with Gasteiger partial charge in [-0.15, -0.1) is 0 Å². The molecule has 216 valence electrons. The molecule has 5 aromatic rings. The van der Waals surface area contributed by atoms with Crippen molar-refractivity contribution in [3.63, 3.8) is 0 Å². The molecule has 1 fully saturated rings. The molecular weight excluding hydrogens is 539 g/mol. The number of alkyl halides is 2. The maximum atomic E-state index is 14.3. The summed E-state index contributed by atoms with van der Waals surface area (Å²) in [7, 11) is 1.68. The number of aromatic nitrogens is 5. The molecule has 0 radical (unpaired) electrons. The molecule has 1 aliphatic rings. The molecule has 7 nitrogen and oxygen atoms in total. The zero-order valence-electron chi connectivity index (χ0n) is 24.0. The van der Waals surface area contributed by atoms with Crippen LogP contribution in [0.15, 0.2) is 59.9 Å². The minimum Gasteiger partial charge on any atom is -0.340 e. The van der Waals surface area contributed by atoms with Gasteiger partial charge in [0.05, 0.1) is 17.8 Å². The second-order valence-electron chi connectivity index (χ2n) is 11.3. The number of halogens is 3. The summed E-state index contributed by atoms with van der Waals surface area (Å²) in [5, 5.41) is 8.55. The predicted molar refractivity (Wildman–Crippen MR) is 159 cm³/mol. The van der Waals surface area contributed by atoms with Gasteiger partial charge >= 0.3 is 0 Å². The summed E-state index contributed by atoms with van der Waals surface area (Å²) in [4.78, 5) is 19.1. The Morgan fingerprint density at radius 2 is 1.93 bits per heavy atom. The Bertz CT molecular complexity index is 1780. The van der Waals surface area contributed by atoms with E-state index in [4.69, 9.17) is 4.98 Å². The van der Waals surface area contributed by atoms with Crippen LogP contribution >= 0.6 is 0 Å². The molecule has 2 N–H and O–H groups in total. The zero-order chi connectivity index (χ0) is 29.6. The molecule has 2 aromatic carbocycles. The number of nitrogens with one attached hydrogen (secondary N) is 2. The van der Waals surface area contributed by atoms with Crippen molar-refractivity contribution in [1.82, 2.24) is 30.0 Å². The van der Waals surface area contributed by atoms with Crippen molar-refractivity contribution < 1.29 is 13.2 Å². The summed E-state index contributed by atoms with van der Waals surface area (Å²) in [6.07, 6.45) is 3.39. The number of hydrogen-bond donors (Lipinski definition) is 2. The van der Waals surface area contributed by atoms with E-state index in [0.29, 0.717) is 41.6 Å². The highest BCUT2D eigenvalue weighted by atomic mass is 19.3. The van der Waals surface area contributed by atoms with E-state index >= 15 is 0 Å². The van der Waals surface area contributed by atoms with E-state index < -0.39 is 5.92 Å². The van der Waals surface area contributed by atoms with E-state index in [1.54, 1.807) is 24.3 Å². The second kappa shape index (κ2) is 10.8. The topological polar surface area (TPSA) is 85.8 Å². The highest BCUT2D eigenvalue weighted by Gasteiger charge is 2.38. The van der Waals surface area contributed by atoms with Gasteiger partial charge in [0.15, 0.2) is 5.82 Å². The first-order valence-corrected chi connectivity index (χ1v) is 14.0. The molecule has 1 aliphatic heterocycles.